The molecule has 6 nitrogen and oxygen atoms in total. The summed E-state index contributed by atoms with van der Waals surface area (Å²) in [5.41, 5.74) is 1.36. The first-order chi connectivity index (χ1) is 12.5. The van der Waals surface area contributed by atoms with Crippen LogP contribution >= 0.6 is 0 Å². The summed E-state index contributed by atoms with van der Waals surface area (Å²) in [4.78, 5) is 16.9. The van der Waals surface area contributed by atoms with Crippen molar-refractivity contribution in [3.63, 3.8) is 0 Å². The maximum absolute atomic E-state index is 13.4. The molecular formula is C19H23FN4O2. The Bertz CT molecular complexity index is 829. The van der Waals surface area contributed by atoms with E-state index in [2.05, 4.69) is 20.8 Å². The fraction of sp³-hybridized carbons (Fsp3) is 0.526. The van der Waals surface area contributed by atoms with E-state index in [0.717, 1.165) is 32.4 Å². The van der Waals surface area contributed by atoms with Crippen molar-refractivity contribution in [3.8, 4) is 11.4 Å². The van der Waals surface area contributed by atoms with Gasteiger partial charge in [0.05, 0.1) is 0 Å². The van der Waals surface area contributed by atoms with Gasteiger partial charge in [-0.15, -0.1) is 0 Å². The van der Waals surface area contributed by atoms with E-state index in [1.165, 1.54) is 6.07 Å². The number of nitrogens with zero attached hydrogens (tertiary/aromatic N) is 2. The van der Waals surface area contributed by atoms with Gasteiger partial charge in [0.2, 0.25) is 17.6 Å². The number of halogens is 1. The zero-order valence-corrected chi connectivity index (χ0v) is 15.0. The number of carbonyl (C=O) groups excluding carboxylic acids is 1. The van der Waals surface area contributed by atoms with Gasteiger partial charge in [0.25, 0.3) is 0 Å². The molecule has 26 heavy (non-hydrogen) atoms. The third-order valence-electron chi connectivity index (χ3n) is 5.60. The molecule has 0 radical (unpaired) electrons. The second-order valence-corrected chi connectivity index (χ2v) is 7.55. The maximum atomic E-state index is 13.4. The van der Waals surface area contributed by atoms with Crippen LogP contribution < -0.4 is 10.6 Å². The van der Waals surface area contributed by atoms with Crippen LogP contribution in [0.4, 0.5) is 4.39 Å². The zero-order valence-electron chi connectivity index (χ0n) is 15.0. The molecule has 3 atom stereocenters. The highest BCUT2D eigenvalue weighted by molar-refractivity contribution is 5.83. The minimum Gasteiger partial charge on any atom is -0.344 e. The van der Waals surface area contributed by atoms with Crippen molar-refractivity contribution in [1.29, 1.82) is 0 Å². The molecule has 1 aromatic heterocycles. The summed E-state index contributed by atoms with van der Waals surface area (Å²) in [6.07, 6.45) is 3.19. The van der Waals surface area contributed by atoms with Crippen LogP contribution in [0.2, 0.25) is 0 Å². The van der Waals surface area contributed by atoms with Gasteiger partial charge < -0.3 is 15.2 Å². The van der Waals surface area contributed by atoms with E-state index in [4.69, 9.17) is 4.52 Å². The number of carbonyl (C=O) groups is 1. The fourth-order valence-corrected chi connectivity index (χ4v) is 3.87. The molecule has 2 aliphatic rings. The topological polar surface area (TPSA) is 80.0 Å². The van der Waals surface area contributed by atoms with Crippen molar-refractivity contribution in [2.45, 2.75) is 39.2 Å². The average molecular weight is 358 g/mol. The van der Waals surface area contributed by atoms with Crippen LogP contribution in [0, 0.1) is 24.1 Å². The molecule has 1 aliphatic heterocycles. The number of aryl methyl sites for hydroxylation is 1. The predicted molar refractivity (Wildman–Crippen MR) is 93.6 cm³/mol. The number of nitrogens with one attached hydrogen (secondary N) is 2. The molecule has 1 spiro atoms. The van der Waals surface area contributed by atoms with Gasteiger partial charge in [-0.2, -0.15) is 4.98 Å². The average Bonchev–Trinajstić information content (AvgIpc) is 3.09. The molecular weight excluding hydrogens is 335 g/mol. The molecule has 2 N–H and O–H groups in total. The van der Waals surface area contributed by atoms with E-state index in [1.807, 2.05) is 6.92 Å². The minimum absolute atomic E-state index is 0.0542. The molecule has 4 rings (SSSR count). The summed E-state index contributed by atoms with van der Waals surface area (Å²) in [7, 11) is 0. The Morgan fingerprint density at radius 1 is 1.50 bits per heavy atom. The third-order valence-corrected chi connectivity index (χ3v) is 5.60. The smallest absolute Gasteiger partial charge is 0.249 e. The van der Waals surface area contributed by atoms with Crippen molar-refractivity contribution in [2.75, 3.05) is 13.1 Å². The summed E-state index contributed by atoms with van der Waals surface area (Å²) >= 11 is 0. The molecule has 138 valence electrons. The van der Waals surface area contributed by atoms with Crippen LogP contribution in [0.1, 0.15) is 43.7 Å². The number of hydrogen-bond acceptors (Lipinski definition) is 5. The molecule has 0 bridgehead atoms. The Hall–Kier alpha value is -2.28. The Morgan fingerprint density at radius 3 is 3.08 bits per heavy atom. The van der Waals surface area contributed by atoms with Crippen LogP contribution in [0.15, 0.2) is 22.7 Å². The maximum Gasteiger partial charge on any atom is 0.249 e. The van der Waals surface area contributed by atoms with Crippen molar-refractivity contribution in [3.05, 3.63) is 35.5 Å². The van der Waals surface area contributed by atoms with Crippen LogP contribution in [0.25, 0.3) is 11.4 Å². The normalized spacial score (nSPS) is 25.9. The van der Waals surface area contributed by atoms with E-state index in [0.29, 0.717) is 22.8 Å². The zero-order chi connectivity index (χ0) is 18.3. The molecule has 1 aliphatic carbocycles. The summed E-state index contributed by atoms with van der Waals surface area (Å²) in [5.74, 6) is 0.600. The Labute approximate surface area is 151 Å². The number of hydrogen-bond donors (Lipinski definition) is 2. The second kappa shape index (κ2) is 6.46. The largest absolute Gasteiger partial charge is 0.344 e. The number of aromatic nitrogens is 2. The standard InChI is InChI=1S/C19H23FN4O2/c1-11-8-13(4-5-15(11)20)16-23-18(26-24-16)12(2)22-17(25)14-9-19(14)6-3-7-21-10-19/h4-5,8,12,14,21H,3,6-7,9-10H2,1-2H3,(H,22,25). The Balaban J connectivity index is 1.41. The molecule has 2 fully saturated rings. The number of rotatable bonds is 4. The monoisotopic (exact) mass is 358 g/mol. The summed E-state index contributed by atoms with van der Waals surface area (Å²) < 4.78 is 18.7. The number of amides is 1. The van der Waals surface area contributed by atoms with Crippen molar-refractivity contribution < 1.29 is 13.7 Å². The summed E-state index contributed by atoms with van der Waals surface area (Å²) in [6.45, 7) is 5.49. The highest BCUT2D eigenvalue weighted by Gasteiger charge is 2.58. The lowest BCUT2D eigenvalue weighted by Gasteiger charge is -2.23. The van der Waals surface area contributed by atoms with Gasteiger partial charge in [0, 0.05) is 18.0 Å². The minimum atomic E-state index is -0.362. The molecule has 3 unspecified atom stereocenters. The molecule has 2 heterocycles. The Kier molecular flexibility index (Phi) is 4.26. The lowest BCUT2D eigenvalue weighted by atomic mass is 9.93. The predicted octanol–water partition coefficient (Wildman–Crippen LogP) is 2.75. The molecule has 1 saturated heterocycles. The quantitative estimate of drug-likeness (QED) is 0.878. The third kappa shape index (κ3) is 3.11. The Morgan fingerprint density at radius 2 is 2.35 bits per heavy atom. The molecule has 1 aromatic carbocycles. The highest BCUT2D eigenvalue weighted by atomic mass is 19.1. The van der Waals surface area contributed by atoms with Crippen molar-refractivity contribution in [2.24, 2.45) is 11.3 Å². The first-order valence-corrected chi connectivity index (χ1v) is 9.10. The van der Waals surface area contributed by atoms with E-state index >= 15 is 0 Å². The van der Waals surface area contributed by atoms with Gasteiger partial charge in [-0.05, 0) is 68.8 Å². The van der Waals surface area contributed by atoms with E-state index in [-0.39, 0.29) is 29.1 Å². The molecule has 7 heteroatoms. The van der Waals surface area contributed by atoms with Gasteiger partial charge in [-0.25, -0.2) is 4.39 Å². The van der Waals surface area contributed by atoms with Gasteiger partial charge in [-0.1, -0.05) is 5.16 Å². The van der Waals surface area contributed by atoms with Crippen molar-refractivity contribution in [1.82, 2.24) is 20.8 Å². The van der Waals surface area contributed by atoms with Crippen LogP contribution in [0.3, 0.4) is 0 Å². The number of benzene rings is 1. The summed E-state index contributed by atoms with van der Waals surface area (Å²) in [6, 6.07) is 4.32. The fourth-order valence-electron chi connectivity index (χ4n) is 3.87. The van der Waals surface area contributed by atoms with E-state index in [9.17, 15) is 9.18 Å². The van der Waals surface area contributed by atoms with Gasteiger partial charge in [-0.3, -0.25) is 4.79 Å². The number of piperidine rings is 1. The van der Waals surface area contributed by atoms with E-state index in [1.54, 1.807) is 19.1 Å². The van der Waals surface area contributed by atoms with Crippen LogP contribution in [0.5, 0.6) is 0 Å². The van der Waals surface area contributed by atoms with Crippen molar-refractivity contribution >= 4 is 5.91 Å². The molecule has 2 aromatic rings. The van der Waals surface area contributed by atoms with Gasteiger partial charge in [0.1, 0.15) is 11.9 Å². The van der Waals surface area contributed by atoms with Crippen LogP contribution in [-0.4, -0.2) is 29.1 Å². The van der Waals surface area contributed by atoms with Gasteiger partial charge >= 0.3 is 0 Å². The molecule has 1 saturated carbocycles. The second-order valence-electron chi connectivity index (χ2n) is 7.55. The van der Waals surface area contributed by atoms with E-state index < -0.39 is 0 Å². The van der Waals surface area contributed by atoms with Gasteiger partial charge in [0.15, 0.2) is 0 Å². The first-order valence-electron chi connectivity index (χ1n) is 9.10. The summed E-state index contributed by atoms with van der Waals surface area (Å²) in [5, 5.41) is 10.3. The van der Waals surface area contributed by atoms with Crippen LogP contribution in [-0.2, 0) is 4.79 Å². The lowest BCUT2D eigenvalue weighted by Crippen LogP contribution is -2.36. The first kappa shape index (κ1) is 17.1. The SMILES string of the molecule is Cc1cc(-c2noc(C(C)NC(=O)C3CC34CCCNC4)n2)ccc1F. The molecule has 1 amide bonds. The highest BCUT2D eigenvalue weighted by Crippen LogP contribution is 2.56. The lowest BCUT2D eigenvalue weighted by molar-refractivity contribution is -0.124.